The van der Waals surface area contributed by atoms with Crippen LogP contribution in [0.5, 0.6) is 11.5 Å². The molecular formula is C16H23NO4. The monoisotopic (exact) mass is 293 g/mol. The summed E-state index contributed by atoms with van der Waals surface area (Å²) in [5.74, 6) is 1.56. The molecule has 0 saturated heterocycles. The molecular weight excluding hydrogens is 270 g/mol. The van der Waals surface area contributed by atoms with E-state index in [0.717, 1.165) is 29.9 Å². The van der Waals surface area contributed by atoms with Gasteiger partial charge in [0.25, 0.3) is 0 Å². The zero-order valence-corrected chi connectivity index (χ0v) is 12.6. The van der Waals surface area contributed by atoms with E-state index in [4.69, 9.17) is 14.6 Å². The second kappa shape index (κ2) is 7.20. The van der Waals surface area contributed by atoms with Crippen LogP contribution in [-0.2, 0) is 0 Å². The second-order valence-electron chi connectivity index (χ2n) is 5.52. The Bertz CT molecular complexity index is 483. The number of amides is 1. The summed E-state index contributed by atoms with van der Waals surface area (Å²) < 4.78 is 11.4. The lowest BCUT2D eigenvalue weighted by Gasteiger charge is -2.19. The van der Waals surface area contributed by atoms with Gasteiger partial charge in [-0.2, -0.15) is 0 Å². The van der Waals surface area contributed by atoms with Crippen LogP contribution < -0.4 is 14.8 Å². The van der Waals surface area contributed by atoms with Crippen LogP contribution in [0.2, 0.25) is 0 Å². The largest absolute Gasteiger partial charge is 0.493 e. The van der Waals surface area contributed by atoms with E-state index in [2.05, 4.69) is 5.32 Å². The summed E-state index contributed by atoms with van der Waals surface area (Å²) in [6, 6.07) is 5.80. The van der Waals surface area contributed by atoms with Crippen LogP contribution in [0, 0.1) is 0 Å². The highest BCUT2D eigenvalue weighted by Crippen LogP contribution is 2.34. The van der Waals surface area contributed by atoms with Crippen molar-refractivity contribution < 1.29 is 19.4 Å². The fraction of sp³-hybridized carbons (Fsp3) is 0.562. The Morgan fingerprint density at radius 1 is 1.38 bits per heavy atom. The predicted molar refractivity (Wildman–Crippen MR) is 80.3 cm³/mol. The third-order valence-electron chi connectivity index (χ3n) is 3.91. The summed E-state index contributed by atoms with van der Waals surface area (Å²) in [6.45, 7) is 2.36. The molecule has 2 rings (SSSR count). The predicted octanol–water partition coefficient (Wildman–Crippen LogP) is 3.39. The summed E-state index contributed by atoms with van der Waals surface area (Å²) in [4.78, 5) is 10.6. The first kappa shape index (κ1) is 15.5. The van der Waals surface area contributed by atoms with Gasteiger partial charge in [0, 0.05) is 6.54 Å². The molecule has 0 bridgehead atoms. The molecule has 0 heterocycles. The van der Waals surface area contributed by atoms with E-state index in [1.165, 1.54) is 12.8 Å². The maximum Gasteiger partial charge on any atom is 0.404 e. The highest BCUT2D eigenvalue weighted by Gasteiger charge is 2.19. The normalized spacial score (nSPS) is 16.5. The zero-order chi connectivity index (χ0) is 15.2. The molecule has 1 aliphatic carbocycles. The van der Waals surface area contributed by atoms with Gasteiger partial charge in [0.15, 0.2) is 11.5 Å². The Hall–Kier alpha value is -1.91. The summed E-state index contributed by atoms with van der Waals surface area (Å²) in [5.41, 5.74) is 1.04. The van der Waals surface area contributed by atoms with Crippen molar-refractivity contribution in [2.45, 2.75) is 44.6 Å². The summed E-state index contributed by atoms with van der Waals surface area (Å²) in [5, 5.41) is 11.1. The molecule has 21 heavy (non-hydrogen) atoms. The quantitative estimate of drug-likeness (QED) is 0.843. The van der Waals surface area contributed by atoms with Crippen molar-refractivity contribution in [1.82, 2.24) is 5.32 Å². The summed E-state index contributed by atoms with van der Waals surface area (Å²) in [6.07, 6.45) is 3.86. The lowest BCUT2D eigenvalue weighted by Crippen LogP contribution is -2.25. The van der Waals surface area contributed by atoms with Gasteiger partial charge in [0.2, 0.25) is 0 Å². The van der Waals surface area contributed by atoms with Crippen LogP contribution in [0.15, 0.2) is 18.2 Å². The second-order valence-corrected chi connectivity index (χ2v) is 5.52. The Morgan fingerprint density at radius 2 is 2.10 bits per heavy atom. The van der Waals surface area contributed by atoms with E-state index < -0.39 is 6.09 Å². The van der Waals surface area contributed by atoms with Crippen molar-refractivity contribution >= 4 is 6.09 Å². The molecule has 5 heteroatoms. The first-order valence-corrected chi connectivity index (χ1v) is 7.41. The molecule has 1 aromatic carbocycles. The molecule has 1 aliphatic rings. The molecule has 0 spiro atoms. The van der Waals surface area contributed by atoms with Crippen LogP contribution in [0.25, 0.3) is 0 Å². The van der Waals surface area contributed by atoms with Gasteiger partial charge in [-0.1, -0.05) is 13.0 Å². The third-order valence-corrected chi connectivity index (χ3v) is 3.91. The standard InChI is InChI=1S/C16H23NO4/c1-11(10-17-16(18)19)12-7-8-14(20-2)15(9-12)21-13-5-3-4-6-13/h7-9,11,13,17H,3-6,10H2,1-2H3,(H,18,19). The molecule has 1 amide bonds. The number of carbonyl (C=O) groups is 1. The average molecular weight is 293 g/mol. The van der Waals surface area contributed by atoms with Gasteiger partial charge in [-0.15, -0.1) is 0 Å². The molecule has 0 aromatic heterocycles. The first-order valence-electron chi connectivity index (χ1n) is 7.41. The van der Waals surface area contributed by atoms with Crippen LogP contribution in [0.1, 0.15) is 44.1 Å². The maximum absolute atomic E-state index is 10.6. The van der Waals surface area contributed by atoms with Gasteiger partial charge in [-0.05, 0) is 49.3 Å². The molecule has 2 N–H and O–H groups in total. The molecule has 1 fully saturated rings. The lowest BCUT2D eigenvalue weighted by atomic mass is 10.0. The molecule has 5 nitrogen and oxygen atoms in total. The smallest absolute Gasteiger partial charge is 0.404 e. The molecule has 0 radical (unpaired) electrons. The van der Waals surface area contributed by atoms with E-state index >= 15 is 0 Å². The Balaban J connectivity index is 2.10. The van der Waals surface area contributed by atoms with E-state index in [-0.39, 0.29) is 12.0 Å². The third kappa shape index (κ3) is 4.28. The van der Waals surface area contributed by atoms with Crippen LogP contribution >= 0.6 is 0 Å². The van der Waals surface area contributed by atoms with Crippen molar-refractivity contribution in [1.29, 1.82) is 0 Å². The van der Waals surface area contributed by atoms with Crippen LogP contribution in [0.4, 0.5) is 4.79 Å². The number of benzene rings is 1. The van der Waals surface area contributed by atoms with Crippen LogP contribution in [0.3, 0.4) is 0 Å². The number of methoxy groups -OCH3 is 1. The van der Waals surface area contributed by atoms with Crippen molar-refractivity contribution in [3.05, 3.63) is 23.8 Å². The molecule has 1 saturated carbocycles. The van der Waals surface area contributed by atoms with E-state index in [1.54, 1.807) is 7.11 Å². The van der Waals surface area contributed by atoms with Crippen LogP contribution in [-0.4, -0.2) is 31.0 Å². The molecule has 1 atom stereocenters. The molecule has 116 valence electrons. The fourth-order valence-corrected chi connectivity index (χ4v) is 2.64. The van der Waals surface area contributed by atoms with Gasteiger partial charge < -0.3 is 19.9 Å². The Kier molecular flexibility index (Phi) is 5.31. The van der Waals surface area contributed by atoms with Gasteiger partial charge in [0.05, 0.1) is 13.2 Å². The fourth-order valence-electron chi connectivity index (χ4n) is 2.64. The molecule has 1 unspecified atom stereocenters. The van der Waals surface area contributed by atoms with Gasteiger partial charge in [-0.25, -0.2) is 4.79 Å². The van der Waals surface area contributed by atoms with Crippen molar-refractivity contribution in [3.8, 4) is 11.5 Å². The average Bonchev–Trinajstić information content (AvgIpc) is 2.97. The maximum atomic E-state index is 10.6. The van der Waals surface area contributed by atoms with Gasteiger partial charge in [0.1, 0.15) is 0 Å². The number of hydrogen-bond donors (Lipinski definition) is 2. The van der Waals surface area contributed by atoms with E-state index in [1.807, 2.05) is 25.1 Å². The van der Waals surface area contributed by atoms with E-state index in [0.29, 0.717) is 6.54 Å². The minimum Gasteiger partial charge on any atom is -0.493 e. The zero-order valence-electron chi connectivity index (χ0n) is 12.6. The Labute approximate surface area is 125 Å². The number of hydrogen-bond acceptors (Lipinski definition) is 3. The minimum absolute atomic E-state index is 0.0814. The van der Waals surface area contributed by atoms with Crippen molar-refractivity contribution in [2.75, 3.05) is 13.7 Å². The highest BCUT2D eigenvalue weighted by molar-refractivity contribution is 5.64. The van der Waals surface area contributed by atoms with Gasteiger partial charge >= 0.3 is 6.09 Å². The highest BCUT2D eigenvalue weighted by atomic mass is 16.5. The SMILES string of the molecule is COc1ccc(C(C)CNC(=O)O)cc1OC1CCCC1. The van der Waals surface area contributed by atoms with Gasteiger partial charge in [-0.3, -0.25) is 0 Å². The number of ether oxygens (including phenoxy) is 2. The summed E-state index contributed by atoms with van der Waals surface area (Å²) >= 11 is 0. The molecule has 0 aliphatic heterocycles. The minimum atomic E-state index is -1.00. The van der Waals surface area contributed by atoms with E-state index in [9.17, 15) is 4.79 Å². The summed E-state index contributed by atoms with van der Waals surface area (Å²) in [7, 11) is 1.63. The lowest BCUT2D eigenvalue weighted by molar-refractivity contribution is 0.194. The first-order chi connectivity index (χ1) is 10.1. The Morgan fingerprint density at radius 3 is 2.71 bits per heavy atom. The number of carboxylic acid groups (broad SMARTS) is 1. The topological polar surface area (TPSA) is 67.8 Å². The van der Waals surface area contributed by atoms with Crippen molar-refractivity contribution in [2.24, 2.45) is 0 Å². The van der Waals surface area contributed by atoms with Crippen molar-refractivity contribution in [3.63, 3.8) is 0 Å². The molecule has 1 aromatic rings. The number of nitrogens with one attached hydrogen (secondary N) is 1. The number of rotatable bonds is 6.